The van der Waals surface area contributed by atoms with Crippen LogP contribution in [0, 0.1) is 5.92 Å². The lowest BCUT2D eigenvalue weighted by Gasteiger charge is -2.32. The van der Waals surface area contributed by atoms with Gasteiger partial charge in [0.2, 0.25) is 11.8 Å². The fourth-order valence-electron chi connectivity index (χ4n) is 3.66. The number of rotatable bonds is 4. The van der Waals surface area contributed by atoms with Crippen LogP contribution in [0.1, 0.15) is 57.6 Å². The predicted molar refractivity (Wildman–Crippen MR) is 89.3 cm³/mol. The molecule has 1 aromatic rings. The third kappa shape index (κ3) is 3.30. The van der Waals surface area contributed by atoms with Crippen LogP contribution in [-0.4, -0.2) is 62.5 Å². The van der Waals surface area contributed by atoms with Gasteiger partial charge in [-0.2, -0.15) is 5.10 Å². The van der Waals surface area contributed by atoms with Gasteiger partial charge >= 0.3 is 0 Å². The van der Waals surface area contributed by atoms with Crippen LogP contribution in [0.3, 0.4) is 0 Å². The highest BCUT2D eigenvalue weighted by molar-refractivity contribution is 5.89. The number of likely N-dealkylation sites (tertiary alicyclic amines) is 2. The second-order valence-corrected chi connectivity index (χ2v) is 7.13. The molecule has 7 heteroatoms. The number of H-pyrrole nitrogens is 1. The summed E-state index contributed by atoms with van der Waals surface area (Å²) in [5.74, 6) is 2.18. The molecule has 0 radical (unpaired) electrons. The Bertz CT molecular complexity index is 604. The minimum atomic E-state index is -0.174. The molecule has 3 heterocycles. The second-order valence-electron chi connectivity index (χ2n) is 7.13. The topological polar surface area (TPSA) is 82.2 Å². The third-order valence-corrected chi connectivity index (χ3v) is 5.19. The summed E-state index contributed by atoms with van der Waals surface area (Å²) >= 11 is 0. The molecular formula is C17H27N5O2. The lowest BCUT2D eigenvalue weighted by molar-refractivity contribution is -0.136. The standard InChI is InChI=1S/C17H27N5O2/c1-4-14-18-16(20-19-14)12-5-7-21(8-6-12)17(24)13-9-15(23)22(10-13)11(2)3/h11-13H,4-10H2,1-3H3,(H,18,19,20)/t13-/m0/s1. The molecule has 2 aliphatic heterocycles. The monoisotopic (exact) mass is 333 g/mol. The zero-order valence-electron chi connectivity index (χ0n) is 14.8. The maximum atomic E-state index is 12.7. The lowest BCUT2D eigenvalue weighted by atomic mass is 9.95. The first-order valence-electron chi connectivity index (χ1n) is 8.99. The molecule has 7 nitrogen and oxygen atoms in total. The summed E-state index contributed by atoms with van der Waals surface area (Å²) in [6, 6.07) is 0.166. The van der Waals surface area contributed by atoms with Crippen molar-refractivity contribution in [3.05, 3.63) is 11.6 Å². The van der Waals surface area contributed by atoms with Crippen molar-refractivity contribution in [2.24, 2.45) is 5.92 Å². The summed E-state index contributed by atoms with van der Waals surface area (Å²) in [5, 5.41) is 7.27. The summed E-state index contributed by atoms with van der Waals surface area (Å²) in [5.41, 5.74) is 0. The van der Waals surface area contributed by atoms with E-state index in [-0.39, 0.29) is 23.8 Å². The quantitative estimate of drug-likeness (QED) is 0.901. The Labute approximate surface area is 142 Å². The average molecular weight is 333 g/mol. The molecule has 1 atom stereocenters. The summed E-state index contributed by atoms with van der Waals surface area (Å²) in [6.45, 7) is 8.07. The van der Waals surface area contributed by atoms with Crippen LogP contribution in [0.25, 0.3) is 0 Å². The fraction of sp³-hybridized carbons (Fsp3) is 0.765. The molecule has 2 aliphatic rings. The van der Waals surface area contributed by atoms with Gasteiger partial charge in [-0.05, 0) is 26.7 Å². The third-order valence-electron chi connectivity index (χ3n) is 5.19. The molecule has 2 saturated heterocycles. The fourth-order valence-corrected chi connectivity index (χ4v) is 3.66. The number of aryl methyl sites for hydroxylation is 1. The Kier molecular flexibility index (Phi) is 4.87. The maximum absolute atomic E-state index is 12.7. The number of carbonyl (C=O) groups is 2. The van der Waals surface area contributed by atoms with Gasteiger partial charge in [0.05, 0.1) is 5.92 Å². The number of hydrogen-bond donors (Lipinski definition) is 1. The number of hydrogen-bond acceptors (Lipinski definition) is 4. The molecule has 0 bridgehead atoms. The zero-order valence-corrected chi connectivity index (χ0v) is 14.8. The average Bonchev–Trinajstić information content (AvgIpc) is 3.21. The van der Waals surface area contributed by atoms with Gasteiger partial charge < -0.3 is 9.80 Å². The summed E-state index contributed by atoms with van der Waals surface area (Å²) in [7, 11) is 0. The Balaban J connectivity index is 1.55. The Morgan fingerprint density at radius 2 is 2.04 bits per heavy atom. The van der Waals surface area contributed by atoms with Crippen LogP contribution in [-0.2, 0) is 16.0 Å². The van der Waals surface area contributed by atoms with Crippen LogP contribution in [0.15, 0.2) is 0 Å². The van der Waals surface area contributed by atoms with Gasteiger partial charge in [-0.1, -0.05) is 6.92 Å². The van der Waals surface area contributed by atoms with E-state index in [0.29, 0.717) is 18.9 Å². The van der Waals surface area contributed by atoms with Gasteiger partial charge in [-0.15, -0.1) is 0 Å². The normalized spacial score (nSPS) is 22.7. The van der Waals surface area contributed by atoms with E-state index in [1.54, 1.807) is 0 Å². The molecule has 0 saturated carbocycles. The molecule has 1 aromatic heterocycles. The van der Waals surface area contributed by atoms with E-state index in [1.807, 2.05) is 23.6 Å². The highest BCUT2D eigenvalue weighted by atomic mass is 16.2. The Morgan fingerprint density at radius 3 is 2.58 bits per heavy atom. The number of aromatic amines is 1. The molecule has 3 rings (SSSR count). The molecule has 0 aliphatic carbocycles. The molecule has 132 valence electrons. The highest BCUT2D eigenvalue weighted by Gasteiger charge is 2.38. The molecule has 2 amide bonds. The number of piperidine rings is 1. The molecular weight excluding hydrogens is 306 g/mol. The largest absolute Gasteiger partial charge is 0.342 e. The van der Waals surface area contributed by atoms with E-state index in [0.717, 1.165) is 44.0 Å². The number of nitrogens with one attached hydrogen (secondary N) is 1. The molecule has 0 unspecified atom stereocenters. The molecule has 2 fully saturated rings. The van der Waals surface area contributed by atoms with Crippen molar-refractivity contribution in [3.8, 4) is 0 Å². The number of carbonyl (C=O) groups excluding carboxylic acids is 2. The second kappa shape index (κ2) is 6.91. The van der Waals surface area contributed by atoms with Crippen LogP contribution < -0.4 is 0 Å². The predicted octanol–water partition coefficient (Wildman–Crippen LogP) is 1.33. The Morgan fingerprint density at radius 1 is 1.33 bits per heavy atom. The van der Waals surface area contributed by atoms with Crippen LogP contribution in [0.4, 0.5) is 0 Å². The minimum absolute atomic E-state index is 0.103. The molecule has 1 N–H and O–H groups in total. The van der Waals surface area contributed by atoms with Crippen molar-refractivity contribution < 1.29 is 9.59 Å². The van der Waals surface area contributed by atoms with Crippen molar-refractivity contribution in [2.75, 3.05) is 19.6 Å². The van der Waals surface area contributed by atoms with Gasteiger partial charge in [-0.25, -0.2) is 4.98 Å². The molecule has 24 heavy (non-hydrogen) atoms. The van der Waals surface area contributed by atoms with Crippen LogP contribution >= 0.6 is 0 Å². The van der Waals surface area contributed by atoms with Gasteiger partial charge in [0, 0.05) is 44.4 Å². The van der Waals surface area contributed by atoms with E-state index >= 15 is 0 Å². The summed E-state index contributed by atoms with van der Waals surface area (Å²) < 4.78 is 0. The number of aromatic nitrogens is 3. The van der Waals surface area contributed by atoms with Crippen molar-refractivity contribution >= 4 is 11.8 Å². The summed E-state index contributed by atoms with van der Waals surface area (Å²) in [6.07, 6.45) is 2.99. The number of nitrogens with zero attached hydrogens (tertiary/aromatic N) is 4. The van der Waals surface area contributed by atoms with Crippen molar-refractivity contribution in [1.82, 2.24) is 25.0 Å². The van der Waals surface area contributed by atoms with Crippen molar-refractivity contribution in [2.45, 2.75) is 58.4 Å². The van der Waals surface area contributed by atoms with E-state index < -0.39 is 0 Å². The van der Waals surface area contributed by atoms with E-state index in [9.17, 15) is 9.59 Å². The van der Waals surface area contributed by atoms with Crippen molar-refractivity contribution in [3.63, 3.8) is 0 Å². The van der Waals surface area contributed by atoms with E-state index in [4.69, 9.17) is 0 Å². The summed E-state index contributed by atoms with van der Waals surface area (Å²) in [4.78, 5) is 33.0. The maximum Gasteiger partial charge on any atom is 0.227 e. The van der Waals surface area contributed by atoms with Crippen molar-refractivity contribution in [1.29, 1.82) is 0 Å². The Hall–Kier alpha value is -1.92. The van der Waals surface area contributed by atoms with Crippen LogP contribution in [0.5, 0.6) is 0 Å². The first-order chi connectivity index (χ1) is 11.5. The highest BCUT2D eigenvalue weighted by Crippen LogP contribution is 2.28. The van der Waals surface area contributed by atoms with E-state index in [1.165, 1.54) is 0 Å². The zero-order chi connectivity index (χ0) is 17.3. The smallest absolute Gasteiger partial charge is 0.227 e. The van der Waals surface area contributed by atoms with E-state index in [2.05, 4.69) is 22.1 Å². The molecule has 0 aromatic carbocycles. The van der Waals surface area contributed by atoms with Gasteiger partial charge in [-0.3, -0.25) is 14.7 Å². The number of amides is 2. The first kappa shape index (κ1) is 16.9. The van der Waals surface area contributed by atoms with Gasteiger partial charge in [0.25, 0.3) is 0 Å². The minimum Gasteiger partial charge on any atom is -0.342 e. The van der Waals surface area contributed by atoms with Gasteiger partial charge in [0.15, 0.2) is 5.82 Å². The van der Waals surface area contributed by atoms with Gasteiger partial charge in [0.1, 0.15) is 5.82 Å². The molecule has 0 spiro atoms. The first-order valence-corrected chi connectivity index (χ1v) is 8.99. The lowest BCUT2D eigenvalue weighted by Crippen LogP contribution is -2.42. The van der Waals surface area contributed by atoms with Crippen LogP contribution in [0.2, 0.25) is 0 Å². The SMILES string of the molecule is CCc1nc(C2CCN(C(=O)[C@H]3CC(=O)N(C(C)C)C3)CC2)n[nH]1.